The maximum Gasteiger partial charge on any atom is 0.126 e. The molecule has 3 rings (SSSR count). The molecule has 2 heteroatoms. The van der Waals surface area contributed by atoms with E-state index in [1.807, 2.05) is 0 Å². The number of halogens is 2. The van der Waals surface area contributed by atoms with Crippen LogP contribution in [0.2, 0.25) is 0 Å². The van der Waals surface area contributed by atoms with Gasteiger partial charge in [-0.1, -0.05) is 82.6 Å². The van der Waals surface area contributed by atoms with Gasteiger partial charge in [-0.2, -0.15) is 0 Å². The minimum atomic E-state index is -0.465. The van der Waals surface area contributed by atoms with E-state index < -0.39 is 11.6 Å². The van der Waals surface area contributed by atoms with Crippen molar-refractivity contribution in [3.63, 3.8) is 0 Å². The molecule has 148 valence electrons. The summed E-state index contributed by atoms with van der Waals surface area (Å²) in [6, 6.07) is 4.08. The number of benzene rings is 1. The Morgan fingerprint density at radius 3 is 2.22 bits per heavy atom. The fourth-order valence-corrected chi connectivity index (χ4v) is 5.21. The summed E-state index contributed by atoms with van der Waals surface area (Å²) in [4.78, 5) is 0. The molecule has 1 aromatic carbocycles. The summed E-state index contributed by atoms with van der Waals surface area (Å²) in [6.07, 6.45) is 22.3. The van der Waals surface area contributed by atoms with Crippen LogP contribution in [0.5, 0.6) is 0 Å². The predicted octanol–water partition coefficient (Wildman–Crippen LogP) is 7.89. The number of unbranched alkanes of at least 4 members (excludes halogenated alkanes) is 4. The summed E-state index contributed by atoms with van der Waals surface area (Å²) in [5.41, 5.74) is 0.563. The molecule has 1 unspecified atom stereocenters. The molecular formula is C25H34F2. The molecule has 0 aromatic heterocycles. The van der Waals surface area contributed by atoms with Crippen molar-refractivity contribution in [2.75, 3.05) is 0 Å². The van der Waals surface area contributed by atoms with Crippen molar-refractivity contribution >= 4 is 0 Å². The summed E-state index contributed by atoms with van der Waals surface area (Å²) >= 11 is 0. The largest absolute Gasteiger partial charge is 0.207 e. The first-order chi connectivity index (χ1) is 13.1. The summed E-state index contributed by atoms with van der Waals surface area (Å²) in [7, 11) is 0. The highest BCUT2D eigenvalue weighted by molar-refractivity contribution is 5.37. The third kappa shape index (κ3) is 5.09. The number of hydrogen-bond donors (Lipinski definition) is 0. The first kappa shape index (κ1) is 20.3. The zero-order valence-corrected chi connectivity index (χ0v) is 16.7. The van der Waals surface area contributed by atoms with E-state index in [2.05, 4.69) is 31.2 Å². The second-order valence-corrected chi connectivity index (χ2v) is 8.61. The summed E-state index contributed by atoms with van der Waals surface area (Å²) < 4.78 is 27.9. The molecule has 0 N–H and O–H groups in total. The van der Waals surface area contributed by atoms with Gasteiger partial charge >= 0.3 is 0 Å². The second-order valence-electron chi connectivity index (χ2n) is 8.61. The standard InChI is InChI=1S/C25H34F2/c1-2-3-4-5-7-10-20-11-13-21(14-12-20)25(15-8-6-9-16-25)22-17-23(26)19-24(27)18-22/h6,8-9,15,17-21H,2-5,7,10-14,16H2,1H3. The van der Waals surface area contributed by atoms with Crippen LogP contribution >= 0.6 is 0 Å². The molecule has 0 heterocycles. The van der Waals surface area contributed by atoms with Gasteiger partial charge < -0.3 is 0 Å². The van der Waals surface area contributed by atoms with E-state index in [0.717, 1.165) is 36.8 Å². The lowest BCUT2D eigenvalue weighted by molar-refractivity contribution is 0.192. The van der Waals surface area contributed by atoms with Crippen molar-refractivity contribution in [2.45, 2.75) is 83.0 Å². The fourth-order valence-electron chi connectivity index (χ4n) is 5.21. The minimum Gasteiger partial charge on any atom is -0.207 e. The molecule has 0 amide bonds. The molecule has 1 fully saturated rings. The molecule has 27 heavy (non-hydrogen) atoms. The highest BCUT2D eigenvalue weighted by atomic mass is 19.1. The van der Waals surface area contributed by atoms with Crippen LogP contribution < -0.4 is 0 Å². The van der Waals surface area contributed by atoms with Crippen molar-refractivity contribution in [3.05, 3.63) is 59.7 Å². The Balaban J connectivity index is 1.64. The Morgan fingerprint density at radius 1 is 0.889 bits per heavy atom. The van der Waals surface area contributed by atoms with Crippen LogP contribution in [-0.2, 0) is 5.41 Å². The molecule has 0 bridgehead atoms. The maximum atomic E-state index is 13.9. The van der Waals surface area contributed by atoms with Gasteiger partial charge in [-0.05, 0) is 48.8 Å². The normalized spacial score (nSPS) is 27.8. The van der Waals surface area contributed by atoms with Gasteiger partial charge in [0.25, 0.3) is 0 Å². The lowest BCUT2D eigenvalue weighted by atomic mass is 9.61. The Labute approximate surface area is 163 Å². The maximum absolute atomic E-state index is 13.9. The summed E-state index contributed by atoms with van der Waals surface area (Å²) in [6.45, 7) is 2.26. The number of hydrogen-bond acceptors (Lipinski definition) is 0. The molecular weight excluding hydrogens is 338 g/mol. The minimum absolute atomic E-state index is 0.246. The molecule has 1 saturated carbocycles. The number of rotatable bonds is 8. The van der Waals surface area contributed by atoms with Crippen molar-refractivity contribution in [3.8, 4) is 0 Å². The molecule has 0 saturated heterocycles. The van der Waals surface area contributed by atoms with Crippen LogP contribution in [0.4, 0.5) is 8.78 Å². The topological polar surface area (TPSA) is 0 Å². The SMILES string of the molecule is CCCCCCCC1CCC(C2(c3cc(F)cc(F)c3)C=CC=CC2)CC1. The quantitative estimate of drug-likeness (QED) is 0.407. The third-order valence-corrected chi connectivity index (χ3v) is 6.79. The van der Waals surface area contributed by atoms with Gasteiger partial charge in [0.15, 0.2) is 0 Å². The Kier molecular flexibility index (Phi) is 7.26. The highest BCUT2D eigenvalue weighted by Crippen LogP contribution is 2.48. The lowest BCUT2D eigenvalue weighted by Gasteiger charge is -2.43. The van der Waals surface area contributed by atoms with Crippen molar-refractivity contribution < 1.29 is 8.78 Å². The van der Waals surface area contributed by atoms with Gasteiger partial charge in [0.2, 0.25) is 0 Å². The van der Waals surface area contributed by atoms with Crippen LogP contribution in [-0.4, -0.2) is 0 Å². The average molecular weight is 373 g/mol. The predicted molar refractivity (Wildman–Crippen MR) is 110 cm³/mol. The van der Waals surface area contributed by atoms with E-state index in [1.165, 1.54) is 51.4 Å². The van der Waals surface area contributed by atoms with E-state index in [9.17, 15) is 8.78 Å². The van der Waals surface area contributed by atoms with Crippen molar-refractivity contribution in [1.29, 1.82) is 0 Å². The lowest BCUT2D eigenvalue weighted by Crippen LogP contribution is -2.36. The van der Waals surface area contributed by atoms with E-state index in [1.54, 1.807) is 12.1 Å². The zero-order valence-electron chi connectivity index (χ0n) is 16.7. The van der Waals surface area contributed by atoms with Gasteiger partial charge in [-0.25, -0.2) is 8.78 Å². The molecule has 0 nitrogen and oxygen atoms in total. The van der Waals surface area contributed by atoms with Crippen molar-refractivity contribution in [1.82, 2.24) is 0 Å². The molecule has 0 aliphatic heterocycles. The number of allylic oxidation sites excluding steroid dienone is 4. The fraction of sp³-hybridized carbons (Fsp3) is 0.600. The zero-order chi connectivity index (χ0) is 19.1. The molecule has 1 aromatic rings. The van der Waals surface area contributed by atoms with Crippen LogP contribution in [0.15, 0.2) is 42.5 Å². The van der Waals surface area contributed by atoms with Crippen LogP contribution in [0.1, 0.15) is 83.1 Å². The monoisotopic (exact) mass is 372 g/mol. The van der Waals surface area contributed by atoms with Crippen molar-refractivity contribution in [2.24, 2.45) is 11.8 Å². The van der Waals surface area contributed by atoms with Gasteiger partial charge in [0.1, 0.15) is 11.6 Å². The summed E-state index contributed by atoms with van der Waals surface area (Å²) in [5, 5.41) is 0. The van der Waals surface area contributed by atoms with Crippen LogP contribution in [0.3, 0.4) is 0 Å². The van der Waals surface area contributed by atoms with E-state index >= 15 is 0 Å². The third-order valence-electron chi connectivity index (χ3n) is 6.79. The van der Waals surface area contributed by atoms with Gasteiger partial charge in [-0.3, -0.25) is 0 Å². The highest BCUT2D eigenvalue weighted by Gasteiger charge is 2.40. The molecule has 0 spiro atoms. The first-order valence-electron chi connectivity index (χ1n) is 10.9. The van der Waals surface area contributed by atoms with Gasteiger partial charge in [0.05, 0.1) is 0 Å². The Bertz CT molecular complexity index is 632. The van der Waals surface area contributed by atoms with Crippen LogP contribution in [0.25, 0.3) is 0 Å². The summed E-state index contributed by atoms with van der Waals surface area (Å²) in [5.74, 6) is 0.379. The molecule has 2 aliphatic rings. The molecule has 1 atom stereocenters. The Hall–Kier alpha value is -1.44. The van der Waals surface area contributed by atoms with Gasteiger partial charge in [0, 0.05) is 11.5 Å². The van der Waals surface area contributed by atoms with Crippen LogP contribution in [0, 0.1) is 23.5 Å². The first-order valence-corrected chi connectivity index (χ1v) is 10.9. The van der Waals surface area contributed by atoms with E-state index in [-0.39, 0.29) is 5.41 Å². The molecule has 2 aliphatic carbocycles. The van der Waals surface area contributed by atoms with E-state index in [0.29, 0.717) is 5.92 Å². The average Bonchev–Trinajstić information content (AvgIpc) is 2.68. The Morgan fingerprint density at radius 2 is 1.59 bits per heavy atom. The second kappa shape index (κ2) is 9.66. The van der Waals surface area contributed by atoms with Gasteiger partial charge in [-0.15, -0.1) is 0 Å². The van der Waals surface area contributed by atoms with E-state index in [4.69, 9.17) is 0 Å². The smallest absolute Gasteiger partial charge is 0.126 e. The molecule has 0 radical (unpaired) electrons.